The lowest BCUT2D eigenvalue weighted by atomic mass is 10.0. The number of ether oxygens (including phenoxy) is 1. The van der Waals surface area contributed by atoms with E-state index in [1.54, 1.807) is 4.90 Å². The number of aliphatic hydroxyl groups is 1. The molecule has 0 unspecified atom stereocenters. The Hall–Kier alpha value is -1.29. The first-order valence-corrected chi connectivity index (χ1v) is 7.80. The van der Waals surface area contributed by atoms with Gasteiger partial charge in [0, 0.05) is 13.1 Å². The second-order valence-corrected chi connectivity index (χ2v) is 6.52. The molecular weight excluding hydrogens is 266 g/mol. The van der Waals surface area contributed by atoms with Crippen LogP contribution in [0.1, 0.15) is 53.4 Å². The van der Waals surface area contributed by atoms with E-state index in [1.807, 2.05) is 26.8 Å². The van der Waals surface area contributed by atoms with Crippen molar-refractivity contribution >= 4 is 6.09 Å². The Bertz CT molecular complexity index is 405. The van der Waals surface area contributed by atoms with Gasteiger partial charge >= 0.3 is 6.09 Å². The van der Waals surface area contributed by atoms with Crippen molar-refractivity contribution in [2.45, 2.75) is 59.0 Å². The number of allylic oxidation sites excluding steroid dienone is 1. The van der Waals surface area contributed by atoms with Crippen molar-refractivity contribution in [1.82, 2.24) is 4.90 Å². The molecule has 1 amide bonds. The van der Waals surface area contributed by atoms with Gasteiger partial charge in [-0.05, 0) is 40.0 Å². The summed E-state index contributed by atoms with van der Waals surface area (Å²) in [4.78, 5) is 13.7. The monoisotopic (exact) mass is 295 g/mol. The minimum absolute atomic E-state index is 0.110. The maximum absolute atomic E-state index is 12.0. The second kappa shape index (κ2) is 8.23. The average molecular weight is 295 g/mol. The van der Waals surface area contributed by atoms with Crippen molar-refractivity contribution in [3.05, 3.63) is 23.3 Å². The van der Waals surface area contributed by atoms with Crippen LogP contribution >= 0.6 is 0 Å². The summed E-state index contributed by atoms with van der Waals surface area (Å²) in [6.07, 6.45) is 7.82. The molecule has 4 nitrogen and oxygen atoms in total. The van der Waals surface area contributed by atoms with E-state index in [9.17, 15) is 4.79 Å². The first-order chi connectivity index (χ1) is 9.85. The van der Waals surface area contributed by atoms with Crippen LogP contribution in [0, 0.1) is 0 Å². The summed E-state index contributed by atoms with van der Waals surface area (Å²) in [5.74, 6) is 0. The highest BCUT2D eigenvalue weighted by atomic mass is 16.6. The number of nitrogens with zero attached hydrogens (tertiary/aromatic N) is 1. The minimum Gasteiger partial charge on any atom is -0.444 e. The van der Waals surface area contributed by atoms with Gasteiger partial charge in [0.25, 0.3) is 0 Å². The Balaban J connectivity index is 2.40. The van der Waals surface area contributed by atoms with Crippen LogP contribution in [-0.4, -0.2) is 41.4 Å². The molecule has 21 heavy (non-hydrogen) atoms. The molecule has 1 rings (SSSR count). The van der Waals surface area contributed by atoms with Crippen LogP contribution in [0.15, 0.2) is 23.3 Å². The smallest absolute Gasteiger partial charge is 0.410 e. The molecule has 0 radical (unpaired) electrons. The zero-order valence-electron chi connectivity index (χ0n) is 13.8. The summed E-state index contributed by atoms with van der Waals surface area (Å²) in [5.41, 5.74) is 2.13. The fraction of sp³-hybridized carbons (Fsp3) is 0.706. The van der Waals surface area contributed by atoms with E-state index in [-0.39, 0.29) is 12.7 Å². The van der Waals surface area contributed by atoms with Crippen LogP contribution in [0.3, 0.4) is 0 Å². The number of amides is 1. The number of carbonyl (C=O) groups is 1. The third kappa shape index (κ3) is 6.80. The Morgan fingerprint density at radius 2 is 2.14 bits per heavy atom. The first kappa shape index (κ1) is 17.8. The molecule has 0 atom stereocenters. The molecule has 0 spiro atoms. The fourth-order valence-corrected chi connectivity index (χ4v) is 2.36. The lowest BCUT2D eigenvalue weighted by Crippen LogP contribution is -2.35. The minimum atomic E-state index is -0.446. The Morgan fingerprint density at radius 3 is 2.71 bits per heavy atom. The summed E-state index contributed by atoms with van der Waals surface area (Å²) < 4.78 is 5.38. The van der Waals surface area contributed by atoms with Gasteiger partial charge in [-0.1, -0.05) is 36.6 Å². The molecule has 1 heterocycles. The lowest BCUT2D eigenvalue weighted by Gasteiger charge is -2.24. The van der Waals surface area contributed by atoms with E-state index < -0.39 is 5.60 Å². The Morgan fingerprint density at radius 1 is 1.43 bits per heavy atom. The van der Waals surface area contributed by atoms with Crippen LogP contribution in [-0.2, 0) is 4.74 Å². The lowest BCUT2D eigenvalue weighted by molar-refractivity contribution is 0.0301. The zero-order valence-corrected chi connectivity index (χ0v) is 13.8. The summed E-state index contributed by atoms with van der Waals surface area (Å²) >= 11 is 0. The highest BCUT2D eigenvalue weighted by Crippen LogP contribution is 2.21. The maximum atomic E-state index is 12.0. The quantitative estimate of drug-likeness (QED) is 0.761. The number of carbonyl (C=O) groups excluding carboxylic acids is 1. The molecule has 1 aliphatic rings. The molecule has 1 aliphatic heterocycles. The van der Waals surface area contributed by atoms with Crippen molar-refractivity contribution in [3.8, 4) is 0 Å². The second-order valence-electron chi connectivity index (χ2n) is 6.52. The molecule has 0 aromatic heterocycles. The van der Waals surface area contributed by atoms with Crippen molar-refractivity contribution in [2.24, 2.45) is 0 Å². The van der Waals surface area contributed by atoms with Crippen LogP contribution in [0.4, 0.5) is 4.79 Å². The van der Waals surface area contributed by atoms with Crippen molar-refractivity contribution in [3.63, 3.8) is 0 Å². The molecule has 0 saturated carbocycles. The van der Waals surface area contributed by atoms with Gasteiger partial charge in [-0.2, -0.15) is 0 Å². The van der Waals surface area contributed by atoms with Crippen molar-refractivity contribution in [1.29, 1.82) is 0 Å². The molecule has 0 aromatic carbocycles. The molecule has 0 aliphatic carbocycles. The number of rotatable bonds is 6. The van der Waals surface area contributed by atoms with Gasteiger partial charge in [-0.25, -0.2) is 4.79 Å². The standard InChI is InChI=1S/C17H29NO3/c1-5-6-14(10-12-19)7-8-15-9-11-18(13-15)16(20)21-17(2,3)4/h9-10,19H,5-8,11-13H2,1-4H3/b14-10+. The topological polar surface area (TPSA) is 49.8 Å². The van der Waals surface area contributed by atoms with Crippen LogP contribution in [0.5, 0.6) is 0 Å². The molecule has 4 heteroatoms. The summed E-state index contributed by atoms with van der Waals surface area (Å²) in [5, 5.41) is 9.02. The largest absolute Gasteiger partial charge is 0.444 e. The summed E-state index contributed by atoms with van der Waals surface area (Å²) in [6, 6.07) is 0. The van der Waals surface area contributed by atoms with Gasteiger partial charge in [0.1, 0.15) is 5.60 Å². The van der Waals surface area contributed by atoms with E-state index in [0.717, 1.165) is 25.7 Å². The maximum Gasteiger partial charge on any atom is 0.410 e. The van der Waals surface area contributed by atoms with E-state index in [2.05, 4.69) is 13.0 Å². The van der Waals surface area contributed by atoms with Crippen LogP contribution < -0.4 is 0 Å². The molecule has 0 fully saturated rings. The summed E-state index contributed by atoms with van der Waals surface area (Å²) in [6.45, 7) is 9.19. The fourth-order valence-electron chi connectivity index (χ4n) is 2.36. The molecule has 0 saturated heterocycles. The van der Waals surface area contributed by atoms with Crippen LogP contribution in [0.25, 0.3) is 0 Å². The Kier molecular flexibility index (Phi) is 6.96. The average Bonchev–Trinajstić information content (AvgIpc) is 2.83. The van der Waals surface area contributed by atoms with E-state index in [0.29, 0.717) is 13.1 Å². The van der Waals surface area contributed by atoms with Gasteiger partial charge < -0.3 is 14.7 Å². The van der Waals surface area contributed by atoms with Crippen molar-refractivity contribution in [2.75, 3.05) is 19.7 Å². The summed E-state index contributed by atoms with van der Waals surface area (Å²) in [7, 11) is 0. The van der Waals surface area contributed by atoms with Gasteiger partial charge in [0.05, 0.1) is 6.61 Å². The van der Waals surface area contributed by atoms with E-state index in [4.69, 9.17) is 9.84 Å². The first-order valence-electron chi connectivity index (χ1n) is 7.80. The highest BCUT2D eigenvalue weighted by molar-refractivity contribution is 5.69. The van der Waals surface area contributed by atoms with Gasteiger partial charge in [0.2, 0.25) is 0 Å². The third-order valence-corrected chi connectivity index (χ3v) is 3.36. The van der Waals surface area contributed by atoms with Gasteiger partial charge in [-0.15, -0.1) is 0 Å². The molecule has 0 bridgehead atoms. The highest BCUT2D eigenvalue weighted by Gasteiger charge is 2.24. The van der Waals surface area contributed by atoms with E-state index >= 15 is 0 Å². The van der Waals surface area contributed by atoms with Crippen molar-refractivity contribution < 1.29 is 14.6 Å². The molecular formula is C17H29NO3. The molecule has 0 aromatic rings. The third-order valence-electron chi connectivity index (χ3n) is 3.36. The SMILES string of the molecule is CCC/C(=C\CO)CCC1=CCN(C(=O)OC(C)(C)C)C1. The zero-order chi connectivity index (χ0) is 15.9. The molecule has 1 N–H and O–H groups in total. The number of aliphatic hydroxyl groups excluding tert-OH is 1. The normalized spacial score (nSPS) is 16.1. The van der Waals surface area contributed by atoms with E-state index in [1.165, 1.54) is 11.1 Å². The molecule has 120 valence electrons. The Labute approximate surface area is 128 Å². The predicted octanol–water partition coefficient (Wildman–Crippen LogP) is 3.66. The van der Waals surface area contributed by atoms with Crippen LogP contribution in [0.2, 0.25) is 0 Å². The van der Waals surface area contributed by atoms with Gasteiger partial charge in [0.15, 0.2) is 0 Å². The predicted molar refractivity (Wildman–Crippen MR) is 85.2 cm³/mol. The number of hydrogen-bond donors (Lipinski definition) is 1. The number of hydrogen-bond acceptors (Lipinski definition) is 3. The van der Waals surface area contributed by atoms with Gasteiger partial charge in [-0.3, -0.25) is 0 Å².